The lowest BCUT2D eigenvalue weighted by molar-refractivity contribution is -0.137. The zero-order chi connectivity index (χ0) is 15.9. The van der Waals surface area contributed by atoms with Crippen molar-refractivity contribution in [3.05, 3.63) is 64.5 Å². The molecule has 0 saturated heterocycles. The van der Waals surface area contributed by atoms with E-state index in [1.165, 1.54) is 0 Å². The lowest BCUT2D eigenvalue weighted by atomic mass is 10.1. The summed E-state index contributed by atoms with van der Waals surface area (Å²) < 4.78 is 43.2. The van der Waals surface area contributed by atoms with Crippen LogP contribution in [0.5, 0.6) is 11.5 Å². The van der Waals surface area contributed by atoms with Crippen LogP contribution in [0.2, 0.25) is 5.02 Å². The first kappa shape index (κ1) is 14.9. The van der Waals surface area contributed by atoms with Crippen molar-refractivity contribution in [3.63, 3.8) is 0 Å². The Hall–Kier alpha value is -2.01. The van der Waals surface area contributed by atoms with Gasteiger partial charge in [0.15, 0.2) is 5.78 Å². The van der Waals surface area contributed by atoms with E-state index in [-0.39, 0.29) is 16.6 Å². The highest BCUT2D eigenvalue weighted by molar-refractivity contribution is 6.32. The number of hydrogen-bond donors (Lipinski definition) is 0. The minimum Gasteiger partial charge on any atom is -0.456 e. The van der Waals surface area contributed by atoms with Crippen molar-refractivity contribution in [3.8, 4) is 11.5 Å². The Morgan fingerprint density at radius 3 is 2.55 bits per heavy atom. The summed E-state index contributed by atoms with van der Waals surface area (Å²) in [6, 6.07) is 7.80. The zero-order valence-electron chi connectivity index (χ0n) is 11.1. The molecule has 0 heterocycles. The van der Waals surface area contributed by atoms with Crippen LogP contribution < -0.4 is 4.74 Å². The lowest BCUT2D eigenvalue weighted by Crippen LogP contribution is -2.04. The summed E-state index contributed by atoms with van der Waals surface area (Å²) in [6.07, 6.45) is -2.30. The molecule has 3 rings (SSSR count). The van der Waals surface area contributed by atoms with Gasteiger partial charge in [0.25, 0.3) is 0 Å². The highest BCUT2D eigenvalue weighted by atomic mass is 35.5. The van der Waals surface area contributed by atoms with Crippen LogP contribution in [0.25, 0.3) is 0 Å². The Bertz CT molecular complexity index is 754. The van der Waals surface area contributed by atoms with Crippen molar-refractivity contribution in [2.45, 2.75) is 12.6 Å². The second-order valence-electron chi connectivity index (χ2n) is 4.83. The average molecular weight is 326 g/mol. The van der Waals surface area contributed by atoms with Gasteiger partial charge < -0.3 is 4.74 Å². The fraction of sp³-hybridized carbons (Fsp3) is 0.125. The van der Waals surface area contributed by atoms with Crippen molar-refractivity contribution in [1.82, 2.24) is 0 Å². The van der Waals surface area contributed by atoms with Crippen LogP contribution in [0.1, 0.15) is 27.9 Å². The highest BCUT2D eigenvalue weighted by Gasteiger charge is 2.31. The maximum Gasteiger partial charge on any atom is 0.416 e. The molecule has 0 aliphatic heterocycles. The molecule has 2 nitrogen and oxygen atoms in total. The van der Waals surface area contributed by atoms with E-state index in [1.54, 1.807) is 18.2 Å². The Balaban J connectivity index is 1.88. The van der Waals surface area contributed by atoms with Crippen LogP contribution in [-0.4, -0.2) is 5.78 Å². The van der Waals surface area contributed by atoms with Crippen molar-refractivity contribution < 1.29 is 22.7 Å². The summed E-state index contributed by atoms with van der Waals surface area (Å²) in [5.74, 6) is 0.437. The van der Waals surface area contributed by atoms with Crippen molar-refractivity contribution in [1.29, 1.82) is 0 Å². The summed E-state index contributed by atoms with van der Waals surface area (Å²) in [4.78, 5) is 11.7. The summed E-state index contributed by atoms with van der Waals surface area (Å²) in [6.45, 7) is 0. The predicted molar refractivity (Wildman–Crippen MR) is 75.3 cm³/mol. The van der Waals surface area contributed by atoms with Crippen LogP contribution in [0, 0.1) is 6.42 Å². The molecule has 2 aromatic carbocycles. The van der Waals surface area contributed by atoms with E-state index in [9.17, 15) is 18.0 Å². The fourth-order valence-electron chi connectivity index (χ4n) is 2.22. The smallest absolute Gasteiger partial charge is 0.416 e. The molecule has 0 unspecified atom stereocenters. The van der Waals surface area contributed by atoms with Gasteiger partial charge in [-0.25, -0.2) is 0 Å². The molecular formula is C16H9ClF3O2. The van der Waals surface area contributed by atoms with Crippen molar-refractivity contribution >= 4 is 17.4 Å². The summed E-state index contributed by atoms with van der Waals surface area (Å²) in [5.41, 5.74) is 0.528. The largest absolute Gasteiger partial charge is 0.456 e. The molecule has 0 bridgehead atoms. The van der Waals surface area contributed by atoms with Gasteiger partial charge >= 0.3 is 6.18 Å². The van der Waals surface area contributed by atoms with Crippen LogP contribution in [0.3, 0.4) is 0 Å². The average Bonchev–Trinajstić information content (AvgIpc) is 2.81. The number of Topliss-reactive ketones (excluding diaryl/α,β-unsaturated/α-hetero) is 1. The number of carbonyl (C=O) groups is 1. The summed E-state index contributed by atoms with van der Waals surface area (Å²) in [7, 11) is 0. The predicted octanol–water partition coefficient (Wildman–Crippen LogP) is 5.29. The Morgan fingerprint density at radius 2 is 1.86 bits per heavy atom. The van der Waals surface area contributed by atoms with E-state index in [4.69, 9.17) is 16.3 Å². The minimum absolute atomic E-state index is 0.0148. The first-order valence-corrected chi connectivity index (χ1v) is 6.77. The number of ether oxygens (including phenoxy) is 1. The number of fused-ring (bicyclic) bond motifs is 1. The van der Waals surface area contributed by atoms with Gasteiger partial charge in [-0.15, -0.1) is 0 Å². The quantitative estimate of drug-likeness (QED) is 0.750. The fourth-order valence-corrected chi connectivity index (χ4v) is 2.44. The molecule has 0 N–H and O–H groups in total. The minimum atomic E-state index is -4.46. The van der Waals surface area contributed by atoms with Gasteiger partial charge in [-0.3, -0.25) is 4.79 Å². The van der Waals surface area contributed by atoms with Gasteiger partial charge in [0.2, 0.25) is 0 Å². The van der Waals surface area contributed by atoms with Gasteiger partial charge in [-0.05, 0) is 42.3 Å². The molecule has 0 amide bonds. The molecule has 22 heavy (non-hydrogen) atoms. The van der Waals surface area contributed by atoms with E-state index in [0.717, 1.165) is 23.8 Å². The Morgan fingerprint density at radius 1 is 1.09 bits per heavy atom. The molecule has 0 spiro atoms. The van der Waals surface area contributed by atoms with E-state index in [0.29, 0.717) is 17.7 Å². The number of benzene rings is 2. The summed E-state index contributed by atoms with van der Waals surface area (Å²) in [5, 5.41) is -0.145. The molecule has 0 aromatic heterocycles. The molecule has 1 aliphatic rings. The Labute approximate surface area is 129 Å². The van der Waals surface area contributed by atoms with Crippen LogP contribution in [0.15, 0.2) is 36.4 Å². The first-order chi connectivity index (χ1) is 10.3. The van der Waals surface area contributed by atoms with Crippen molar-refractivity contribution in [2.24, 2.45) is 0 Å². The maximum absolute atomic E-state index is 12.6. The maximum atomic E-state index is 12.6. The Kier molecular flexibility index (Phi) is 3.60. The van der Waals surface area contributed by atoms with Gasteiger partial charge in [0, 0.05) is 12.0 Å². The number of rotatable bonds is 2. The standard InChI is InChI=1S/C16H9ClF3O2/c17-13-7-10(16(18,19)20)3-6-15(13)22-11-4-1-9-2-5-14(21)12(9)8-11/h1-4,6-8H,5H2. The SMILES string of the molecule is O=C1C[CH]c2ccc(Oc3ccc(C(F)(F)F)cc3Cl)cc21. The van der Waals surface area contributed by atoms with E-state index in [1.807, 2.05) is 6.42 Å². The second-order valence-corrected chi connectivity index (χ2v) is 5.23. The molecule has 2 aromatic rings. The van der Waals surface area contributed by atoms with E-state index in [2.05, 4.69) is 0 Å². The van der Waals surface area contributed by atoms with E-state index >= 15 is 0 Å². The third kappa shape index (κ3) is 2.81. The number of alkyl halides is 3. The van der Waals surface area contributed by atoms with Gasteiger partial charge in [0.1, 0.15) is 11.5 Å². The zero-order valence-corrected chi connectivity index (χ0v) is 11.8. The molecule has 1 radical (unpaired) electrons. The van der Waals surface area contributed by atoms with Crippen LogP contribution >= 0.6 is 11.6 Å². The van der Waals surface area contributed by atoms with Gasteiger partial charge in [-0.2, -0.15) is 13.2 Å². The van der Waals surface area contributed by atoms with Crippen LogP contribution in [-0.2, 0) is 6.18 Å². The lowest BCUT2D eigenvalue weighted by Gasteiger charge is -2.11. The monoisotopic (exact) mass is 325 g/mol. The number of hydrogen-bond acceptors (Lipinski definition) is 2. The second kappa shape index (κ2) is 5.32. The third-order valence-electron chi connectivity index (χ3n) is 3.32. The molecule has 0 saturated carbocycles. The number of ketones is 1. The normalized spacial score (nSPS) is 14.1. The first-order valence-electron chi connectivity index (χ1n) is 6.39. The topological polar surface area (TPSA) is 26.3 Å². The van der Waals surface area contributed by atoms with Gasteiger partial charge in [0.05, 0.1) is 10.6 Å². The van der Waals surface area contributed by atoms with Gasteiger partial charge in [-0.1, -0.05) is 17.7 Å². The molecule has 0 fully saturated rings. The molecule has 113 valence electrons. The molecular weight excluding hydrogens is 317 g/mol. The highest BCUT2D eigenvalue weighted by Crippen LogP contribution is 2.37. The molecule has 6 heteroatoms. The molecule has 1 aliphatic carbocycles. The van der Waals surface area contributed by atoms with Crippen molar-refractivity contribution in [2.75, 3.05) is 0 Å². The number of halogens is 4. The van der Waals surface area contributed by atoms with Crippen LogP contribution in [0.4, 0.5) is 13.2 Å². The molecule has 0 atom stereocenters. The van der Waals surface area contributed by atoms with E-state index < -0.39 is 11.7 Å². The number of carbonyl (C=O) groups excluding carboxylic acids is 1. The third-order valence-corrected chi connectivity index (χ3v) is 3.61. The summed E-state index contributed by atoms with van der Waals surface area (Å²) >= 11 is 5.83.